The third-order valence-corrected chi connectivity index (χ3v) is 4.49. The predicted molar refractivity (Wildman–Crippen MR) is 88.7 cm³/mol. The summed E-state index contributed by atoms with van der Waals surface area (Å²) < 4.78 is 10.8. The first-order valence-electron chi connectivity index (χ1n) is 7.34. The van der Waals surface area contributed by atoms with Crippen LogP contribution in [-0.4, -0.2) is 25.3 Å². The van der Waals surface area contributed by atoms with Gasteiger partial charge in [0.2, 0.25) is 0 Å². The zero-order chi connectivity index (χ0) is 14.9. The molecule has 0 radical (unpaired) electrons. The van der Waals surface area contributed by atoms with E-state index in [4.69, 9.17) is 9.47 Å². The largest absolute Gasteiger partial charge is 0.493 e. The van der Waals surface area contributed by atoms with Gasteiger partial charge in [-0.05, 0) is 30.7 Å². The first-order chi connectivity index (χ1) is 10.3. The van der Waals surface area contributed by atoms with Crippen LogP contribution in [0.1, 0.15) is 30.5 Å². The van der Waals surface area contributed by atoms with Crippen molar-refractivity contribution in [3.63, 3.8) is 0 Å². The number of nitrogens with zero attached hydrogens (tertiary/aromatic N) is 1. The summed E-state index contributed by atoms with van der Waals surface area (Å²) in [7, 11) is 1.71. The van der Waals surface area contributed by atoms with E-state index < -0.39 is 0 Å². The molecule has 0 spiro atoms. The lowest BCUT2D eigenvalue weighted by atomic mass is 10.2. The summed E-state index contributed by atoms with van der Waals surface area (Å²) in [6.07, 6.45) is 11.6. The Labute approximate surface area is 131 Å². The molecule has 1 aromatic heterocycles. The van der Waals surface area contributed by atoms with Crippen LogP contribution in [0.2, 0.25) is 0 Å². The summed E-state index contributed by atoms with van der Waals surface area (Å²) in [4.78, 5) is 5.93. The van der Waals surface area contributed by atoms with Gasteiger partial charge in [0.1, 0.15) is 5.75 Å². The van der Waals surface area contributed by atoms with Crippen LogP contribution >= 0.6 is 11.8 Å². The Hall–Kier alpha value is -1.26. The molecule has 1 aromatic rings. The molecular weight excluding hydrogens is 282 g/mol. The molecule has 0 saturated carbocycles. The lowest BCUT2D eigenvalue weighted by Crippen LogP contribution is -2.04. The minimum atomic E-state index is 0.682. The van der Waals surface area contributed by atoms with Crippen LogP contribution in [0.3, 0.4) is 0 Å². The van der Waals surface area contributed by atoms with E-state index >= 15 is 0 Å². The van der Waals surface area contributed by atoms with E-state index in [9.17, 15) is 0 Å². The molecule has 0 saturated heterocycles. The molecule has 21 heavy (non-hydrogen) atoms. The molecule has 4 heteroatoms. The standard InChI is InChI=1S/C17H23NO2S/c1-14-16(13-21-15-7-4-3-5-8-15)18-10-9-17(14)20-12-6-11-19-2/h3-4,8-10H,5-7,11-13H2,1-2H3. The molecule has 3 nitrogen and oxygen atoms in total. The summed E-state index contributed by atoms with van der Waals surface area (Å²) in [5, 5.41) is 0. The van der Waals surface area contributed by atoms with E-state index in [0.717, 1.165) is 48.6 Å². The zero-order valence-corrected chi connectivity index (χ0v) is 13.6. The molecular formula is C17H23NO2S. The normalized spacial score (nSPS) is 14.1. The number of thioether (sulfide) groups is 1. The van der Waals surface area contributed by atoms with Gasteiger partial charge in [0.25, 0.3) is 0 Å². The van der Waals surface area contributed by atoms with Crippen molar-refractivity contribution in [2.45, 2.75) is 31.9 Å². The fourth-order valence-corrected chi connectivity index (χ4v) is 3.14. The van der Waals surface area contributed by atoms with Crippen LogP contribution in [0.5, 0.6) is 5.75 Å². The second-order valence-corrected chi connectivity index (χ2v) is 6.05. The maximum absolute atomic E-state index is 5.82. The summed E-state index contributed by atoms with van der Waals surface area (Å²) in [5.74, 6) is 1.84. The average molecular weight is 305 g/mol. The van der Waals surface area contributed by atoms with Crippen molar-refractivity contribution in [3.8, 4) is 5.75 Å². The van der Waals surface area contributed by atoms with Gasteiger partial charge >= 0.3 is 0 Å². The molecule has 0 unspecified atom stereocenters. The quantitative estimate of drug-likeness (QED) is 0.530. The number of pyridine rings is 1. The first kappa shape index (κ1) is 16.1. The van der Waals surface area contributed by atoms with Crippen LogP contribution in [0.4, 0.5) is 0 Å². The highest BCUT2D eigenvalue weighted by Gasteiger charge is 2.08. The van der Waals surface area contributed by atoms with E-state index in [1.54, 1.807) is 7.11 Å². The van der Waals surface area contributed by atoms with Crippen molar-refractivity contribution in [1.29, 1.82) is 0 Å². The highest BCUT2D eigenvalue weighted by molar-refractivity contribution is 8.02. The number of methoxy groups -OCH3 is 1. The summed E-state index contributed by atoms with van der Waals surface area (Å²) in [6, 6.07) is 1.94. The van der Waals surface area contributed by atoms with Crippen LogP contribution in [0, 0.1) is 6.92 Å². The van der Waals surface area contributed by atoms with Crippen LogP contribution in [-0.2, 0) is 10.5 Å². The molecule has 2 rings (SSSR count). The fraction of sp³-hybridized carbons (Fsp3) is 0.471. The molecule has 0 amide bonds. The van der Waals surface area contributed by atoms with Crippen molar-refractivity contribution >= 4 is 11.8 Å². The number of allylic oxidation sites excluding steroid dienone is 4. The van der Waals surface area contributed by atoms with Gasteiger partial charge in [-0.1, -0.05) is 18.2 Å². The number of rotatable bonds is 8. The lowest BCUT2D eigenvalue weighted by molar-refractivity contribution is 0.172. The molecule has 1 aliphatic rings. The van der Waals surface area contributed by atoms with Crippen molar-refractivity contribution in [2.24, 2.45) is 0 Å². The van der Waals surface area contributed by atoms with E-state index in [0.29, 0.717) is 6.61 Å². The van der Waals surface area contributed by atoms with Gasteiger partial charge in [-0.25, -0.2) is 0 Å². The predicted octanol–water partition coefficient (Wildman–Crippen LogP) is 4.27. The maximum atomic E-state index is 5.82. The second kappa shape index (κ2) is 8.90. The van der Waals surface area contributed by atoms with Crippen molar-refractivity contribution in [2.75, 3.05) is 20.3 Å². The Morgan fingerprint density at radius 2 is 2.19 bits per heavy atom. The van der Waals surface area contributed by atoms with Crippen LogP contribution in [0.25, 0.3) is 0 Å². The maximum Gasteiger partial charge on any atom is 0.125 e. The van der Waals surface area contributed by atoms with Crippen LogP contribution < -0.4 is 4.74 Å². The third kappa shape index (κ3) is 5.21. The minimum Gasteiger partial charge on any atom is -0.493 e. The zero-order valence-electron chi connectivity index (χ0n) is 12.8. The van der Waals surface area contributed by atoms with Crippen molar-refractivity contribution in [1.82, 2.24) is 4.98 Å². The Kier molecular flexibility index (Phi) is 6.83. The third-order valence-electron chi connectivity index (χ3n) is 3.37. The van der Waals surface area contributed by atoms with Crippen LogP contribution in [0.15, 0.2) is 35.4 Å². The highest BCUT2D eigenvalue weighted by atomic mass is 32.2. The summed E-state index contributed by atoms with van der Waals surface area (Å²) in [5.41, 5.74) is 2.26. The lowest BCUT2D eigenvalue weighted by Gasteiger charge is -2.13. The van der Waals surface area contributed by atoms with Gasteiger partial charge in [0.05, 0.1) is 12.3 Å². The Morgan fingerprint density at radius 3 is 2.95 bits per heavy atom. The van der Waals surface area contributed by atoms with E-state index in [2.05, 4.69) is 30.1 Å². The topological polar surface area (TPSA) is 31.4 Å². The monoisotopic (exact) mass is 305 g/mol. The van der Waals surface area contributed by atoms with E-state index in [-0.39, 0.29) is 0 Å². The second-order valence-electron chi connectivity index (χ2n) is 4.95. The molecule has 1 heterocycles. The molecule has 114 valence electrons. The SMILES string of the molecule is COCCCOc1ccnc(CSC2=CCC=CC2)c1C. The molecule has 0 fully saturated rings. The average Bonchev–Trinajstić information content (AvgIpc) is 2.53. The van der Waals surface area contributed by atoms with Crippen molar-refractivity contribution < 1.29 is 9.47 Å². The van der Waals surface area contributed by atoms with Gasteiger partial charge in [-0.15, -0.1) is 11.8 Å². The van der Waals surface area contributed by atoms with E-state index in [1.165, 1.54) is 4.91 Å². The number of ether oxygens (including phenoxy) is 2. The number of aromatic nitrogens is 1. The molecule has 1 aliphatic carbocycles. The molecule has 0 atom stereocenters. The van der Waals surface area contributed by atoms with Crippen molar-refractivity contribution in [3.05, 3.63) is 46.7 Å². The van der Waals surface area contributed by atoms with Gasteiger partial charge < -0.3 is 9.47 Å². The fourth-order valence-electron chi connectivity index (χ4n) is 2.10. The number of hydrogen-bond acceptors (Lipinski definition) is 4. The first-order valence-corrected chi connectivity index (χ1v) is 8.33. The Balaban J connectivity index is 1.89. The van der Waals surface area contributed by atoms with E-state index in [1.807, 2.05) is 24.0 Å². The molecule has 0 aliphatic heterocycles. The van der Waals surface area contributed by atoms with Gasteiger partial charge in [-0.2, -0.15) is 0 Å². The van der Waals surface area contributed by atoms with Gasteiger partial charge in [0.15, 0.2) is 0 Å². The summed E-state index contributed by atoms with van der Waals surface area (Å²) >= 11 is 1.88. The summed E-state index contributed by atoms with van der Waals surface area (Å²) in [6.45, 7) is 3.50. The Morgan fingerprint density at radius 1 is 1.29 bits per heavy atom. The molecule has 0 aromatic carbocycles. The van der Waals surface area contributed by atoms with Gasteiger partial charge in [0, 0.05) is 37.7 Å². The number of hydrogen-bond donors (Lipinski definition) is 0. The Bertz CT molecular complexity index is 512. The smallest absolute Gasteiger partial charge is 0.125 e. The highest BCUT2D eigenvalue weighted by Crippen LogP contribution is 2.29. The molecule has 0 bridgehead atoms. The minimum absolute atomic E-state index is 0.682. The molecule has 0 N–H and O–H groups in total. The van der Waals surface area contributed by atoms with Gasteiger partial charge in [-0.3, -0.25) is 4.98 Å².